The molecule has 1 aromatic rings. The summed E-state index contributed by atoms with van der Waals surface area (Å²) in [5, 5.41) is 0. The zero-order chi connectivity index (χ0) is 10.7. The fourth-order valence-electron chi connectivity index (χ4n) is 1.05. The number of anilines is 1. The normalized spacial score (nSPS) is 10.6. The highest BCUT2D eigenvalue weighted by molar-refractivity contribution is 5.44. The van der Waals surface area contributed by atoms with Gasteiger partial charge < -0.3 is 10.5 Å². The van der Waals surface area contributed by atoms with Crippen molar-refractivity contribution in [2.24, 2.45) is 0 Å². The van der Waals surface area contributed by atoms with E-state index in [0.29, 0.717) is 11.7 Å². The highest BCUT2D eigenvalue weighted by atomic mass is 16.5. The van der Waals surface area contributed by atoms with Crippen LogP contribution in [0.3, 0.4) is 0 Å². The number of aryl methyl sites for hydroxylation is 1. The first-order valence-electron chi connectivity index (χ1n) is 4.84. The lowest BCUT2D eigenvalue weighted by molar-refractivity contribution is 0.230. The van der Waals surface area contributed by atoms with Crippen LogP contribution in [0.2, 0.25) is 0 Å². The van der Waals surface area contributed by atoms with Crippen LogP contribution in [0.15, 0.2) is 0 Å². The van der Waals surface area contributed by atoms with Crippen molar-refractivity contribution in [2.45, 2.75) is 40.2 Å². The van der Waals surface area contributed by atoms with E-state index < -0.39 is 0 Å². The fraction of sp³-hybridized carbons (Fsp3) is 0.600. The molecule has 0 fully saturated rings. The van der Waals surface area contributed by atoms with E-state index >= 15 is 0 Å². The summed E-state index contributed by atoms with van der Waals surface area (Å²) < 4.78 is 5.54. The predicted octanol–water partition coefficient (Wildman–Crippen LogP) is 1.72. The number of hydrogen-bond acceptors (Lipinski definition) is 4. The van der Waals surface area contributed by atoms with Crippen molar-refractivity contribution in [3.63, 3.8) is 0 Å². The summed E-state index contributed by atoms with van der Waals surface area (Å²) in [4.78, 5) is 8.42. The summed E-state index contributed by atoms with van der Waals surface area (Å²) in [6.45, 7) is 7.78. The Balaban J connectivity index is 3.07. The number of nitrogen functional groups attached to an aromatic ring is 1. The summed E-state index contributed by atoms with van der Waals surface area (Å²) in [5.74, 6) is 1.83. The van der Waals surface area contributed by atoms with Crippen LogP contribution >= 0.6 is 0 Å². The SMILES string of the molecule is CCc1nc(N)c(C)c(OC(C)C)n1. The van der Waals surface area contributed by atoms with Gasteiger partial charge in [-0.3, -0.25) is 0 Å². The molecule has 0 radical (unpaired) electrons. The minimum atomic E-state index is 0.104. The molecule has 0 saturated carbocycles. The first kappa shape index (κ1) is 10.8. The Labute approximate surface area is 84.5 Å². The van der Waals surface area contributed by atoms with Gasteiger partial charge in [0.1, 0.15) is 11.6 Å². The van der Waals surface area contributed by atoms with Crippen LogP contribution in [-0.4, -0.2) is 16.1 Å². The van der Waals surface area contributed by atoms with Crippen molar-refractivity contribution >= 4 is 5.82 Å². The number of aromatic nitrogens is 2. The zero-order valence-corrected chi connectivity index (χ0v) is 9.16. The van der Waals surface area contributed by atoms with Gasteiger partial charge in [-0.05, 0) is 20.8 Å². The van der Waals surface area contributed by atoms with Crippen molar-refractivity contribution in [1.82, 2.24) is 9.97 Å². The lowest BCUT2D eigenvalue weighted by Crippen LogP contribution is -2.11. The third-order valence-electron chi connectivity index (χ3n) is 1.85. The lowest BCUT2D eigenvalue weighted by Gasteiger charge is -2.12. The molecular weight excluding hydrogens is 178 g/mol. The van der Waals surface area contributed by atoms with E-state index in [1.165, 1.54) is 0 Å². The number of nitrogens with two attached hydrogens (primary N) is 1. The molecule has 0 atom stereocenters. The van der Waals surface area contributed by atoms with Gasteiger partial charge >= 0.3 is 0 Å². The molecule has 1 rings (SSSR count). The molecule has 78 valence electrons. The minimum Gasteiger partial charge on any atom is -0.475 e. The molecule has 1 heterocycles. The van der Waals surface area contributed by atoms with Gasteiger partial charge in [0, 0.05) is 6.42 Å². The first-order chi connectivity index (χ1) is 6.54. The van der Waals surface area contributed by atoms with Crippen molar-refractivity contribution in [1.29, 1.82) is 0 Å². The zero-order valence-electron chi connectivity index (χ0n) is 9.16. The van der Waals surface area contributed by atoms with Crippen LogP contribution in [0.4, 0.5) is 5.82 Å². The molecule has 0 spiro atoms. The molecule has 4 nitrogen and oxygen atoms in total. The molecule has 14 heavy (non-hydrogen) atoms. The molecule has 0 amide bonds. The van der Waals surface area contributed by atoms with Crippen molar-refractivity contribution < 1.29 is 4.74 Å². The van der Waals surface area contributed by atoms with Crippen LogP contribution in [-0.2, 0) is 6.42 Å². The second-order valence-corrected chi connectivity index (χ2v) is 3.48. The first-order valence-corrected chi connectivity index (χ1v) is 4.84. The van der Waals surface area contributed by atoms with Crippen molar-refractivity contribution in [3.05, 3.63) is 11.4 Å². The maximum atomic E-state index is 5.74. The van der Waals surface area contributed by atoms with Gasteiger partial charge in [-0.25, -0.2) is 4.98 Å². The summed E-state index contributed by atoms with van der Waals surface area (Å²) >= 11 is 0. The van der Waals surface area contributed by atoms with E-state index in [1.54, 1.807) is 0 Å². The monoisotopic (exact) mass is 195 g/mol. The third-order valence-corrected chi connectivity index (χ3v) is 1.85. The maximum absolute atomic E-state index is 5.74. The van der Waals surface area contributed by atoms with E-state index in [4.69, 9.17) is 10.5 Å². The Morgan fingerprint density at radius 2 is 2.00 bits per heavy atom. The molecule has 4 heteroatoms. The average molecular weight is 195 g/mol. The quantitative estimate of drug-likeness (QED) is 0.797. The van der Waals surface area contributed by atoms with Gasteiger partial charge in [-0.1, -0.05) is 6.92 Å². The molecular formula is C10H17N3O. The Morgan fingerprint density at radius 1 is 1.36 bits per heavy atom. The largest absolute Gasteiger partial charge is 0.475 e. The summed E-state index contributed by atoms with van der Waals surface area (Å²) in [6, 6.07) is 0. The summed E-state index contributed by atoms with van der Waals surface area (Å²) in [5.41, 5.74) is 6.56. The molecule has 1 aromatic heterocycles. The minimum absolute atomic E-state index is 0.104. The number of rotatable bonds is 3. The summed E-state index contributed by atoms with van der Waals surface area (Å²) in [7, 11) is 0. The maximum Gasteiger partial charge on any atom is 0.222 e. The lowest BCUT2D eigenvalue weighted by atomic mass is 10.3. The number of ether oxygens (including phenoxy) is 1. The fourth-order valence-corrected chi connectivity index (χ4v) is 1.05. The molecule has 0 bridgehead atoms. The van der Waals surface area contributed by atoms with E-state index in [-0.39, 0.29) is 6.10 Å². The van der Waals surface area contributed by atoms with Gasteiger partial charge in [0.15, 0.2) is 0 Å². The summed E-state index contributed by atoms with van der Waals surface area (Å²) in [6.07, 6.45) is 0.867. The molecule has 0 saturated heterocycles. The number of hydrogen-bond donors (Lipinski definition) is 1. The molecule has 0 unspecified atom stereocenters. The molecule has 0 aliphatic heterocycles. The second-order valence-electron chi connectivity index (χ2n) is 3.48. The van der Waals surface area contributed by atoms with Crippen molar-refractivity contribution in [2.75, 3.05) is 5.73 Å². The van der Waals surface area contributed by atoms with E-state index in [2.05, 4.69) is 9.97 Å². The van der Waals surface area contributed by atoms with Crippen LogP contribution in [0, 0.1) is 6.92 Å². The second kappa shape index (κ2) is 4.26. The molecule has 0 aliphatic rings. The Bertz CT molecular complexity index is 323. The van der Waals surface area contributed by atoms with Crippen LogP contribution in [0.25, 0.3) is 0 Å². The topological polar surface area (TPSA) is 61.0 Å². The Kier molecular flexibility index (Phi) is 3.28. The van der Waals surface area contributed by atoms with Gasteiger partial charge in [0.2, 0.25) is 5.88 Å². The Morgan fingerprint density at radius 3 is 2.50 bits per heavy atom. The van der Waals surface area contributed by atoms with Gasteiger partial charge in [0.05, 0.1) is 11.7 Å². The highest BCUT2D eigenvalue weighted by Gasteiger charge is 2.09. The highest BCUT2D eigenvalue weighted by Crippen LogP contribution is 2.20. The Hall–Kier alpha value is -1.32. The van der Waals surface area contributed by atoms with Crippen molar-refractivity contribution in [3.8, 4) is 5.88 Å². The average Bonchev–Trinajstić information content (AvgIpc) is 2.11. The van der Waals surface area contributed by atoms with Crippen LogP contribution in [0.5, 0.6) is 5.88 Å². The molecule has 2 N–H and O–H groups in total. The van der Waals surface area contributed by atoms with Gasteiger partial charge in [-0.15, -0.1) is 0 Å². The van der Waals surface area contributed by atoms with Crippen LogP contribution < -0.4 is 10.5 Å². The smallest absolute Gasteiger partial charge is 0.222 e. The standard InChI is InChI=1S/C10H17N3O/c1-5-8-12-9(11)7(4)10(13-8)14-6(2)3/h6H,5H2,1-4H3,(H2,11,12,13). The van der Waals surface area contributed by atoms with Gasteiger partial charge in [-0.2, -0.15) is 4.98 Å². The van der Waals surface area contributed by atoms with E-state index in [1.807, 2.05) is 27.7 Å². The van der Waals surface area contributed by atoms with E-state index in [9.17, 15) is 0 Å². The third kappa shape index (κ3) is 2.34. The van der Waals surface area contributed by atoms with Gasteiger partial charge in [0.25, 0.3) is 0 Å². The predicted molar refractivity (Wildman–Crippen MR) is 56.3 cm³/mol. The van der Waals surface area contributed by atoms with Crippen LogP contribution in [0.1, 0.15) is 32.2 Å². The molecule has 0 aromatic carbocycles. The number of nitrogens with zero attached hydrogens (tertiary/aromatic N) is 2. The van der Waals surface area contributed by atoms with E-state index in [0.717, 1.165) is 17.8 Å². The molecule has 0 aliphatic carbocycles.